The summed E-state index contributed by atoms with van der Waals surface area (Å²) in [6.45, 7) is 1.08. The number of rotatable bonds is 1. The minimum atomic E-state index is -0.833. The summed E-state index contributed by atoms with van der Waals surface area (Å²) < 4.78 is 2.16. The molecule has 0 aromatic heterocycles. The van der Waals surface area contributed by atoms with Gasteiger partial charge in [-0.1, -0.05) is 0 Å². The first-order valence-corrected chi connectivity index (χ1v) is 5.58. The van der Waals surface area contributed by atoms with E-state index in [4.69, 9.17) is 9.90 Å². The van der Waals surface area contributed by atoms with E-state index in [-0.39, 0.29) is 0 Å². The molecule has 0 saturated heterocycles. The molecule has 1 aromatic carbocycles. The van der Waals surface area contributed by atoms with E-state index in [9.17, 15) is 0 Å². The van der Waals surface area contributed by atoms with Crippen LogP contribution >= 0.6 is 0 Å². The zero-order valence-electron chi connectivity index (χ0n) is 7.60. The average molecular weight is 229 g/mol. The maximum absolute atomic E-state index is 9.00. The van der Waals surface area contributed by atoms with Crippen molar-refractivity contribution in [2.45, 2.75) is 6.92 Å². The molecule has 0 aliphatic rings. The number of benzene rings is 1. The molecule has 0 radical (unpaired) electrons. The second kappa shape index (κ2) is 7.69. The normalized spacial score (nSPS) is 9.15. The van der Waals surface area contributed by atoms with Crippen molar-refractivity contribution < 1.29 is 28.2 Å². The third kappa shape index (κ3) is 8.96. The molecule has 65 valence electrons. The van der Waals surface area contributed by atoms with Gasteiger partial charge < -0.3 is 5.11 Å². The van der Waals surface area contributed by atoms with Gasteiger partial charge in [-0.2, -0.15) is 0 Å². The van der Waals surface area contributed by atoms with Gasteiger partial charge in [0.15, 0.2) is 0 Å². The fourth-order valence-electron chi connectivity index (χ4n) is 0.700. The molecule has 3 heteroatoms. The number of aliphatic carboxylic acids is 1. The molecular weight excluding hydrogens is 217 g/mol. The molecule has 0 bridgehead atoms. The fraction of sp³-hybridized carbons (Fsp3) is 0.100. The standard InChI is InChI=1S/C8H7.C2H4O2.Zn/c1-2-8-6-4-3-5-7-8;1-2(3)4;/h1-7H;1H3,(H,3,4);. The molecule has 13 heavy (non-hydrogen) atoms. The number of hydrogen-bond donors (Lipinski definition) is 1. The number of carboxylic acid groups (broad SMARTS) is 1. The van der Waals surface area contributed by atoms with Gasteiger partial charge in [-0.05, 0) is 0 Å². The van der Waals surface area contributed by atoms with Crippen LogP contribution in [0.1, 0.15) is 12.5 Å². The van der Waals surface area contributed by atoms with E-state index in [1.165, 1.54) is 23.9 Å². The molecule has 0 spiro atoms. The Morgan fingerprint density at radius 2 is 1.85 bits per heavy atom. The van der Waals surface area contributed by atoms with Crippen molar-refractivity contribution in [1.29, 1.82) is 0 Å². The summed E-state index contributed by atoms with van der Waals surface area (Å²) in [5.41, 5.74) is 1.30. The van der Waals surface area contributed by atoms with Crippen LogP contribution in [0.25, 0.3) is 6.08 Å². The Balaban J connectivity index is 0.000000310. The first kappa shape index (κ1) is 12.1. The molecule has 2 nitrogen and oxygen atoms in total. The predicted octanol–water partition coefficient (Wildman–Crippen LogP) is 2.29. The molecule has 1 rings (SSSR count). The number of hydrogen-bond acceptors (Lipinski definition) is 1. The van der Waals surface area contributed by atoms with Crippen LogP contribution in [0.5, 0.6) is 0 Å². The van der Waals surface area contributed by atoms with Crippen LogP contribution in [0.3, 0.4) is 0 Å². The van der Waals surface area contributed by atoms with E-state index in [0.717, 1.165) is 6.92 Å². The molecule has 0 aliphatic heterocycles. The van der Waals surface area contributed by atoms with Crippen LogP contribution in [-0.2, 0) is 23.1 Å². The Hall–Kier alpha value is -0.947. The van der Waals surface area contributed by atoms with E-state index < -0.39 is 5.97 Å². The van der Waals surface area contributed by atoms with Crippen molar-refractivity contribution >= 4 is 12.0 Å². The van der Waals surface area contributed by atoms with Crippen molar-refractivity contribution in [1.82, 2.24) is 0 Å². The molecule has 0 heterocycles. The summed E-state index contributed by atoms with van der Waals surface area (Å²) in [5, 5.41) is 7.42. The van der Waals surface area contributed by atoms with E-state index in [0.29, 0.717) is 0 Å². The van der Waals surface area contributed by atoms with Crippen molar-refractivity contribution in [3.8, 4) is 0 Å². The zero-order valence-corrected chi connectivity index (χ0v) is 10.6. The van der Waals surface area contributed by atoms with Crippen LogP contribution in [0.15, 0.2) is 35.0 Å². The molecule has 0 fully saturated rings. The van der Waals surface area contributed by atoms with Crippen molar-refractivity contribution in [2.75, 3.05) is 0 Å². The van der Waals surface area contributed by atoms with E-state index in [1.54, 1.807) is 0 Å². The summed E-state index contributed by atoms with van der Waals surface area (Å²) in [6.07, 6.45) is 2.14. The van der Waals surface area contributed by atoms with Gasteiger partial charge in [0.25, 0.3) is 5.97 Å². The Bertz CT molecular complexity index is 264. The fourth-order valence-corrected chi connectivity index (χ4v) is 1.27. The van der Waals surface area contributed by atoms with Crippen LogP contribution in [0.4, 0.5) is 0 Å². The summed E-state index contributed by atoms with van der Waals surface area (Å²) in [4.78, 5) is 9.00. The summed E-state index contributed by atoms with van der Waals surface area (Å²) in [5.74, 6) is -0.833. The molecule has 0 atom stereocenters. The monoisotopic (exact) mass is 227 g/mol. The van der Waals surface area contributed by atoms with Gasteiger partial charge in [0.2, 0.25) is 0 Å². The molecule has 0 amide bonds. The SMILES string of the molecule is CC(=O)O.[Zn][CH]=Cc1ccccc1. The second-order valence-electron chi connectivity index (χ2n) is 2.33. The van der Waals surface area contributed by atoms with E-state index >= 15 is 0 Å². The van der Waals surface area contributed by atoms with E-state index in [1.807, 2.05) is 6.07 Å². The first-order valence-electron chi connectivity index (χ1n) is 3.87. The van der Waals surface area contributed by atoms with Gasteiger partial charge in [-0.25, -0.2) is 0 Å². The van der Waals surface area contributed by atoms with Crippen LogP contribution < -0.4 is 0 Å². The Kier molecular flexibility index (Phi) is 7.13. The van der Waals surface area contributed by atoms with E-state index in [2.05, 4.69) is 35.0 Å². The van der Waals surface area contributed by atoms with Gasteiger partial charge >= 0.3 is 64.9 Å². The summed E-state index contributed by atoms with van der Waals surface area (Å²) >= 11 is 1.23. The van der Waals surface area contributed by atoms with Gasteiger partial charge in [0.1, 0.15) is 0 Å². The first-order chi connectivity index (χ1) is 6.16. The zero-order chi connectivity index (χ0) is 10.1. The topological polar surface area (TPSA) is 37.3 Å². The van der Waals surface area contributed by atoms with Crippen molar-refractivity contribution in [2.24, 2.45) is 0 Å². The Morgan fingerprint density at radius 3 is 2.23 bits per heavy atom. The Morgan fingerprint density at radius 1 is 1.38 bits per heavy atom. The van der Waals surface area contributed by atoms with Crippen LogP contribution in [0.2, 0.25) is 0 Å². The Labute approximate surface area is 88.0 Å². The van der Waals surface area contributed by atoms with Crippen LogP contribution in [0, 0.1) is 0 Å². The quantitative estimate of drug-likeness (QED) is 0.749. The summed E-state index contributed by atoms with van der Waals surface area (Å²) in [6, 6.07) is 10.3. The molecule has 1 N–H and O–H groups in total. The molecule has 0 saturated carbocycles. The summed E-state index contributed by atoms with van der Waals surface area (Å²) in [7, 11) is 0. The molecule has 1 aromatic rings. The van der Waals surface area contributed by atoms with Crippen molar-refractivity contribution in [3.05, 3.63) is 40.6 Å². The molecular formula is C10H11O2Zn. The molecule has 0 unspecified atom stereocenters. The van der Waals surface area contributed by atoms with Gasteiger partial charge in [-0.3, -0.25) is 4.79 Å². The third-order valence-corrected chi connectivity index (χ3v) is 1.60. The number of carboxylic acids is 1. The third-order valence-electron chi connectivity index (χ3n) is 1.11. The van der Waals surface area contributed by atoms with Gasteiger partial charge in [0, 0.05) is 6.92 Å². The maximum atomic E-state index is 9.00. The average Bonchev–Trinajstić information content (AvgIpc) is 2.06. The molecule has 0 aliphatic carbocycles. The van der Waals surface area contributed by atoms with Gasteiger partial charge in [0.05, 0.1) is 0 Å². The minimum absolute atomic E-state index is 0.833. The predicted molar refractivity (Wildman–Crippen MR) is 48.8 cm³/mol. The number of carbonyl (C=O) groups is 1. The van der Waals surface area contributed by atoms with Crippen molar-refractivity contribution in [3.63, 3.8) is 0 Å². The van der Waals surface area contributed by atoms with Gasteiger partial charge in [-0.15, -0.1) is 0 Å². The second-order valence-corrected chi connectivity index (χ2v) is 3.32. The van der Waals surface area contributed by atoms with Crippen LogP contribution in [-0.4, -0.2) is 11.1 Å².